The fraction of sp³-hybridized carbons (Fsp3) is 0.852. The third-order valence-electron chi connectivity index (χ3n) is 10.1. The molecule has 4 saturated carbocycles. The zero-order chi connectivity index (χ0) is 21.5. The van der Waals surface area contributed by atoms with Gasteiger partial charge in [0.15, 0.2) is 0 Å². The highest BCUT2D eigenvalue weighted by molar-refractivity contribution is 5.90. The van der Waals surface area contributed by atoms with Crippen LogP contribution in [0.3, 0.4) is 0 Å². The molecule has 0 bridgehead atoms. The van der Waals surface area contributed by atoms with E-state index < -0.39 is 0 Å². The third-order valence-corrected chi connectivity index (χ3v) is 10.1. The Labute approximate surface area is 183 Å². The lowest BCUT2D eigenvalue weighted by atomic mass is 9.44. The molecule has 0 spiro atoms. The Bertz CT molecular complexity index is 712. The van der Waals surface area contributed by atoms with Crippen molar-refractivity contribution in [2.24, 2.45) is 40.4 Å². The molecular formula is C27H43NO2. The van der Waals surface area contributed by atoms with Crippen molar-refractivity contribution in [1.82, 2.24) is 5.32 Å². The Balaban J connectivity index is 1.45. The molecule has 0 amide bonds. The SMILES string of the molecule is CCC(CC/C=C1\CC[C@@]2(C)C(CC(=O)C3C2CC[C@]2(C)C(=O)CCC32)C1)CNC. The first-order valence-electron chi connectivity index (χ1n) is 12.7. The number of carbonyl (C=O) groups excluding carboxylic acids is 2. The van der Waals surface area contributed by atoms with Crippen LogP contribution in [-0.4, -0.2) is 25.2 Å². The fourth-order valence-corrected chi connectivity index (χ4v) is 8.01. The van der Waals surface area contributed by atoms with E-state index in [-0.39, 0.29) is 11.3 Å². The van der Waals surface area contributed by atoms with Gasteiger partial charge < -0.3 is 5.32 Å². The van der Waals surface area contributed by atoms with Crippen LogP contribution in [0.15, 0.2) is 11.6 Å². The summed E-state index contributed by atoms with van der Waals surface area (Å²) in [7, 11) is 2.05. The highest BCUT2D eigenvalue weighted by Crippen LogP contribution is 2.64. The molecule has 0 saturated heterocycles. The summed E-state index contributed by atoms with van der Waals surface area (Å²) in [6.45, 7) is 8.07. The molecule has 0 aliphatic heterocycles. The first kappa shape index (κ1) is 22.2. The monoisotopic (exact) mass is 413 g/mol. The molecule has 7 atom stereocenters. The van der Waals surface area contributed by atoms with Gasteiger partial charge in [0.1, 0.15) is 11.6 Å². The van der Waals surface area contributed by atoms with Gasteiger partial charge in [-0.15, -0.1) is 0 Å². The van der Waals surface area contributed by atoms with E-state index in [2.05, 4.69) is 32.2 Å². The number of Topliss-reactive ketones (excluding diaryl/α,β-unsaturated/α-hetero) is 2. The maximum Gasteiger partial charge on any atom is 0.139 e. The predicted octanol–water partition coefficient (Wildman–Crippen LogP) is 5.73. The summed E-state index contributed by atoms with van der Waals surface area (Å²) in [5.41, 5.74) is 1.70. The third kappa shape index (κ3) is 3.63. The summed E-state index contributed by atoms with van der Waals surface area (Å²) in [6.07, 6.45) is 14.3. The fourth-order valence-electron chi connectivity index (χ4n) is 8.01. The Morgan fingerprint density at radius 2 is 1.90 bits per heavy atom. The number of rotatable bonds is 6. The smallest absolute Gasteiger partial charge is 0.139 e. The first-order valence-corrected chi connectivity index (χ1v) is 12.7. The van der Waals surface area contributed by atoms with Crippen LogP contribution < -0.4 is 5.32 Å². The molecule has 0 aromatic carbocycles. The average molecular weight is 414 g/mol. The maximum atomic E-state index is 13.4. The molecule has 4 aliphatic rings. The molecule has 0 aromatic heterocycles. The van der Waals surface area contributed by atoms with Crippen molar-refractivity contribution < 1.29 is 9.59 Å². The highest BCUT2D eigenvalue weighted by atomic mass is 16.1. The van der Waals surface area contributed by atoms with Gasteiger partial charge in [-0.1, -0.05) is 38.8 Å². The lowest BCUT2D eigenvalue weighted by Crippen LogP contribution is -2.56. The largest absolute Gasteiger partial charge is 0.319 e. The van der Waals surface area contributed by atoms with Crippen LogP contribution in [0, 0.1) is 40.4 Å². The van der Waals surface area contributed by atoms with Crippen LogP contribution in [0.1, 0.15) is 91.4 Å². The normalized spacial score (nSPS) is 43.3. The number of allylic oxidation sites excluding steroid dienone is 2. The van der Waals surface area contributed by atoms with Gasteiger partial charge in [-0.3, -0.25) is 9.59 Å². The molecule has 4 rings (SSSR count). The number of nitrogens with one attached hydrogen (secondary N) is 1. The molecule has 0 radical (unpaired) electrons. The number of hydrogen-bond donors (Lipinski definition) is 1. The van der Waals surface area contributed by atoms with Crippen molar-refractivity contribution in [3.05, 3.63) is 11.6 Å². The summed E-state index contributed by atoms with van der Waals surface area (Å²) in [4.78, 5) is 26.0. The Kier molecular flexibility index (Phi) is 6.32. The van der Waals surface area contributed by atoms with Crippen LogP contribution in [-0.2, 0) is 9.59 Å². The van der Waals surface area contributed by atoms with Crippen molar-refractivity contribution in [3.8, 4) is 0 Å². The standard InChI is InChI=1S/C27H43NO2/c1-5-18(17-28-4)7-6-8-19-11-13-26(2)20(15-19)16-23(29)25-21-9-10-24(30)27(21,3)14-12-22(25)26/h8,18,20-22,25,28H,5-7,9-17H2,1-4H3/b19-8+/t18?,20?,21?,22?,25?,26-,27-/m0/s1. The molecular weight excluding hydrogens is 370 g/mol. The highest BCUT2D eigenvalue weighted by Gasteiger charge is 2.62. The number of fused-ring (bicyclic) bond motifs is 5. The lowest BCUT2D eigenvalue weighted by Gasteiger charge is -2.58. The van der Waals surface area contributed by atoms with Gasteiger partial charge in [-0.05, 0) is 94.0 Å². The summed E-state index contributed by atoms with van der Waals surface area (Å²) in [5.74, 6) is 3.21. The van der Waals surface area contributed by atoms with Gasteiger partial charge in [-0.2, -0.15) is 0 Å². The molecule has 168 valence electrons. The van der Waals surface area contributed by atoms with Gasteiger partial charge in [-0.25, -0.2) is 0 Å². The van der Waals surface area contributed by atoms with E-state index in [1.807, 2.05) is 7.05 Å². The maximum absolute atomic E-state index is 13.4. The summed E-state index contributed by atoms with van der Waals surface area (Å²) in [6, 6.07) is 0. The van der Waals surface area contributed by atoms with Crippen molar-refractivity contribution in [2.45, 2.75) is 91.4 Å². The molecule has 4 fully saturated rings. The molecule has 30 heavy (non-hydrogen) atoms. The van der Waals surface area contributed by atoms with E-state index in [4.69, 9.17) is 0 Å². The van der Waals surface area contributed by atoms with Crippen LogP contribution in [0.2, 0.25) is 0 Å². The Morgan fingerprint density at radius 3 is 2.63 bits per heavy atom. The van der Waals surface area contributed by atoms with E-state index >= 15 is 0 Å². The second kappa shape index (κ2) is 8.52. The van der Waals surface area contributed by atoms with E-state index in [0.29, 0.717) is 41.2 Å². The quantitative estimate of drug-likeness (QED) is 0.566. The van der Waals surface area contributed by atoms with E-state index in [1.165, 1.54) is 32.1 Å². The van der Waals surface area contributed by atoms with E-state index in [1.54, 1.807) is 5.57 Å². The zero-order valence-corrected chi connectivity index (χ0v) is 19.8. The lowest BCUT2D eigenvalue weighted by molar-refractivity contribution is -0.155. The average Bonchev–Trinajstić information content (AvgIpc) is 3.03. The topological polar surface area (TPSA) is 46.2 Å². The number of hydrogen-bond acceptors (Lipinski definition) is 3. The van der Waals surface area contributed by atoms with Crippen LogP contribution in [0.25, 0.3) is 0 Å². The van der Waals surface area contributed by atoms with Crippen LogP contribution in [0.4, 0.5) is 0 Å². The molecule has 0 aromatic rings. The van der Waals surface area contributed by atoms with Crippen molar-refractivity contribution >= 4 is 11.6 Å². The number of carbonyl (C=O) groups is 2. The summed E-state index contributed by atoms with van der Waals surface area (Å²) in [5, 5.41) is 3.32. The van der Waals surface area contributed by atoms with Crippen molar-refractivity contribution in [3.63, 3.8) is 0 Å². The van der Waals surface area contributed by atoms with Crippen LogP contribution >= 0.6 is 0 Å². The van der Waals surface area contributed by atoms with Crippen LogP contribution in [0.5, 0.6) is 0 Å². The molecule has 0 heterocycles. The van der Waals surface area contributed by atoms with Crippen molar-refractivity contribution in [1.29, 1.82) is 0 Å². The summed E-state index contributed by atoms with van der Waals surface area (Å²) >= 11 is 0. The van der Waals surface area contributed by atoms with Gasteiger partial charge in [0.25, 0.3) is 0 Å². The predicted molar refractivity (Wildman–Crippen MR) is 122 cm³/mol. The molecule has 5 unspecified atom stereocenters. The zero-order valence-electron chi connectivity index (χ0n) is 19.8. The molecule has 1 N–H and O–H groups in total. The minimum Gasteiger partial charge on any atom is -0.319 e. The molecule has 3 heteroatoms. The molecule has 4 aliphatic carbocycles. The van der Waals surface area contributed by atoms with Gasteiger partial charge in [0.2, 0.25) is 0 Å². The van der Waals surface area contributed by atoms with E-state index in [9.17, 15) is 9.59 Å². The van der Waals surface area contributed by atoms with Gasteiger partial charge >= 0.3 is 0 Å². The van der Waals surface area contributed by atoms with Gasteiger partial charge in [0, 0.05) is 24.2 Å². The molecule has 3 nitrogen and oxygen atoms in total. The van der Waals surface area contributed by atoms with Crippen molar-refractivity contribution in [2.75, 3.05) is 13.6 Å². The van der Waals surface area contributed by atoms with E-state index in [0.717, 1.165) is 44.6 Å². The Morgan fingerprint density at radius 1 is 1.10 bits per heavy atom. The number of ketones is 2. The second-order valence-electron chi connectivity index (χ2n) is 11.5. The summed E-state index contributed by atoms with van der Waals surface area (Å²) < 4.78 is 0. The Hall–Kier alpha value is -0.960. The minimum absolute atomic E-state index is 0.161. The second-order valence-corrected chi connectivity index (χ2v) is 11.5. The van der Waals surface area contributed by atoms with Gasteiger partial charge in [0.05, 0.1) is 0 Å². The minimum atomic E-state index is -0.205. The first-order chi connectivity index (χ1) is 14.3.